The van der Waals surface area contributed by atoms with E-state index in [4.69, 9.17) is 10.5 Å². The summed E-state index contributed by atoms with van der Waals surface area (Å²) < 4.78 is 0. The van der Waals surface area contributed by atoms with Crippen LogP contribution in [-0.4, -0.2) is 0 Å². The van der Waals surface area contributed by atoms with Gasteiger partial charge in [-0.1, -0.05) is 24.3 Å². The smallest absolute Gasteiger partial charge is 0.0991 e. The standard InChI is InChI=1S/C17H14N2/c18-12-16-8-2-6-14(10-16)4-1-5-15-7-3-9-17(11-15)13-19/h2-3,6-11H,1,4-5H2. The first-order valence-electron chi connectivity index (χ1n) is 6.30. The minimum atomic E-state index is 0.712. The number of hydrogen-bond donors (Lipinski definition) is 0. The van der Waals surface area contributed by atoms with Gasteiger partial charge in [-0.2, -0.15) is 10.5 Å². The lowest BCUT2D eigenvalue weighted by molar-refractivity contribution is 0.820. The summed E-state index contributed by atoms with van der Waals surface area (Å²) in [5.41, 5.74) is 3.80. The third-order valence-corrected chi connectivity index (χ3v) is 3.04. The van der Waals surface area contributed by atoms with E-state index in [1.807, 2.05) is 48.5 Å². The van der Waals surface area contributed by atoms with Gasteiger partial charge in [0.1, 0.15) is 0 Å². The highest BCUT2D eigenvalue weighted by Crippen LogP contribution is 2.11. The van der Waals surface area contributed by atoms with Crippen molar-refractivity contribution in [3.05, 3.63) is 70.8 Å². The maximum Gasteiger partial charge on any atom is 0.0991 e. The molecule has 0 fully saturated rings. The van der Waals surface area contributed by atoms with Crippen molar-refractivity contribution in [2.24, 2.45) is 0 Å². The molecule has 0 aromatic heterocycles. The van der Waals surface area contributed by atoms with E-state index in [2.05, 4.69) is 12.1 Å². The highest BCUT2D eigenvalue weighted by atomic mass is 14.2. The van der Waals surface area contributed by atoms with Crippen LogP contribution in [-0.2, 0) is 12.8 Å². The molecular weight excluding hydrogens is 232 g/mol. The maximum atomic E-state index is 8.84. The molecule has 0 aliphatic heterocycles. The zero-order chi connectivity index (χ0) is 13.5. The van der Waals surface area contributed by atoms with Crippen LogP contribution in [0.15, 0.2) is 48.5 Å². The van der Waals surface area contributed by atoms with Crippen molar-refractivity contribution in [2.75, 3.05) is 0 Å². The second-order valence-electron chi connectivity index (χ2n) is 4.48. The SMILES string of the molecule is N#Cc1cccc(CCCc2cccc(C#N)c2)c1. The van der Waals surface area contributed by atoms with Gasteiger partial charge in [-0.3, -0.25) is 0 Å². The van der Waals surface area contributed by atoms with Crippen molar-refractivity contribution in [3.8, 4) is 12.1 Å². The summed E-state index contributed by atoms with van der Waals surface area (Å²) in [6, 6.07) is 19.8. The Morgan fingerprint density at radius 3 is 1.63 bits per heavy atom. The van der Waals surface area contributed by atoms with E-state index in [-0.39, 0.29) is 0 Å². The molecule has 0 radical (unpaired) electrons. The minimum absolute atomic E-state index is 0.712. The summed E-state index contributed by atoms with van der Waals surface area (Å²) in [7, 11) is 0. The number of aryl methyl sites for hydroxylation is 2. The van der Waals surface area contributed by atoms with Crippen LogP contribution in [0.4, 0.5) is 0 Å². The van der Waals surface area contributed by atoms with Gasteiger partial charge >= 0.3 is 0 Å². The molecule has 0 aliphatic carbocycles. The van der Waals surface area contributed by atoms with Crippen LogP contribution < -0.4 is 0 Å². The molecule has 92 valence electrons. The summed E-state index contributed by atoms with van der Waals surface area (Å²) in [6.45, 7) is 0. The van der Waals surface area contributed by atoms with E-state index in [1.165, 1.54) is 11.1 Å². The Kier molecular flexibility index (Phi) is 4.32. The summed E-state index contributed by atoms with van der Waals surface area (Å²) in [4.78, 5) is 0. The van der Waals surface area contributed by atoms with Crippen LogP contribution in [0.1, 0.15) is 28.7 Å². The molecule has 0 atom stereocenters. The number of nitriles is 2. The van der Waals surface area contributed by atoms with Crippen molar-refractivity contribution < 1.29 is 0 Å². The van der Waals surface area contributed by atoms with Crippen molar-refractivity contribution in [1.82, 2.24) is 0 Å². The van der Waals surface area contributed by atoms with Gasteiger partial charge in [0.05, 0.1) is 23.3 Å². The van der Waals surface area contributed by atoms with Gasteiger partial charge in [-0.25, -0.2) is 0 Å². The molecule has 2 aromatic rings. The van der Waals surface area contributed by atoms with Crippen molar-refractivity contribution in [1.29, 1.82) is 10.5 Å². The molecule has 0 saturated heterocycles. The summed E-state index contributed by atoms with van der Waals surface area (Å²) in [5, 5.41) is 17.7. The topological polar surface area (TPSA) is 47.6 Å². The number of hydrogen-bond acceptors (Lipinski definition) is 2. The van der Waals surface area contributed by atoms with Gasteiger partial charge in [-0.05, 0) is 54.7 Å². The van der Waals surface area contributed by atoms with Gasteiger partial charge in [0.2, 0.25) is 0 Å². The molecular formula is C17H14N2. The van der Waals surface area contributed by atoms with Crippen LogP contribution in [0.25, 0.3) is 0 Å². The molecule has 0 unspecified atom stereocenters. The molecule has 0 aliphatic rings. The largest absolute Gasteiger partial charge is 0.192 e. The molecule has 19 heavy (non-hydrogen) atoms. The Morgan fingerprint density at radius 2 is 1.21 bits per heavy atom. The van der Waals surface area contributed by atoms with E-state index in [0.717, 1.165) is 19.3 Å². The van der Waals surface area contributed by atoms with Crippen LogP contribution in [0.2, 0.25) is 0 Å². The fourth-order valence-corrected chi connectivity index (χ4v) is 2.09. The average molecular weight is 246 g/mol. The predicted molar refractivity (Wildman–Crippen MR) is 74.3 cm³/mol. The third kappa shape index (κ3) is 3.69. The van der Waals surface area contributed by atoms with Gasteiger partial charge < -0.3 is 0 Å². The highest BCUT2D eigenvalue weighted by molar-refractivity contribution is 5.34. The Morgan fingerprint density at radius 1 is 0.737 bits per heavy atom. The summed E-state index contributed by atoms with van der Waals surface area (Å²) in [6.07, 6.45) is 2.92. The zero-order valence-electron chi connectivity index (χ0n) is 10.6. The molecule has 0 amide bonds. The average Bonchev–Trinajstić information content (AvgIpc) is 2.48. The lowest BCUT2D eigenvalue weighted by atomic mass is 10.0. The molecule has 0 heterocycles. The number of nitrogens with zero attached hydrogens (tertiary/aromatic N) is 2. The zero-order valence-corrected chi connectivity index (χ0v) is 10.6. The van der Waals surface area contributed by atoms with Crippen LogP contribution in [0.3, 0.4) is 0 Å². The quantitative estimate of drug-likeness (QED) is 0.827. The Labute approximate surface area is 113 Å². The summed E-state index contributed by atoms with van der Waals surface area (Å²) in [5.74, 6) is 0. The van der Waals surface area contributed by atoms with Crippen molar-refractivity contribution in [3.63, 3.8) is 0 Å². The number of rotatable bonds is 4. The molecule has 2 rings (SSSR count). The highest BCUT2D eigenvalue weighted by Gasteiger charge is 1.98. The molecule has 2 nitrogen and oxygen atoms in total. The predicted octanol–water partition coefficient (Wildman–Crippen LogP) is 3.61. The first-order valence-corrected chi connectivity index (χ1v) is 6.30. The number of benzene rings is 2. The van der Waals surface area contributed by atoms with E-state index in [0.29, 0.717) is 11.1 Å². The fraction of sp³-hybridized carbons (Fsp3) is 0.176. The lowest BCUT2D eigenvalue weighted by Crippen LogP contribution is -1.91. The molecule has 0 spiro atoms. The Balaban J connectivity index is 1.93. The van der Waals surface area contributed by atoms with Crippen LogP contribution in [0.5, 0.6) is 0 Å². The lowest BCUT2D eigenvalue weighted by Gasteiger charge is -2.03. The molecule has 0 N–H and O–H groups in total. The molecule has 2 heteroatoms. The monoisotopic (exact) mass is 246 g/mol. The first kappa shape index (κ1) is 12.9. The van der Waals surface area contributed by atoms with Gasteiger partial charge in [0.15, 0.2) is 0 Å². The second-order valence-corrected chi connectivity index (χ2v) is 4.48. The minimum Gasteiger partial charge on any atom is -0.192 e. The molecule has 0 bridgehead atoms. The fourth-order valence-electron chi connectivity index (χ4n) is 2.09. The third-order valence-electron chi connectivity index (χ3n) is 3.04. The second kappa shape index (κ2) is 6.38. The normalized spacial score (nSPS) is 9.58. The van der Waals surface area contributed by atoms with Gasteiger partial charge in [0.25, 0.3) is 0 Å². The van der Waals surface area contributed by atoms with Crippen molar-refractivity contribution in [2.45, 2.75) is 19.3 Å². The van der Waals surface area contributed by atoms with Crippen LogP contribution in [0, 0.1) is 22.7 Å². The first-order chi connectivity index (χ1) is 9.31. The Bertz CT molecular complexity index is 587. The Hall–Kier alpha value is -2.58. The molecule has 2 aromatic carbocycles. The van der Waals surface area contributed by atoms with Crippen molar-refractivity contribution >= 4 is 0 Å². The summed E-state index contributed by atoms with van der Waals surface area (Å²) >= 11 is 0. The molecule has 0 saturated carbocycles. The van der Waals surface area contributed by atoms with E-state index < -0.39 is 0 Å². The van der Waals surface area contributed by atoms with E-state index >= 15 is 0 Å². The van der Waals surface area contributed by atoms with Gasteiger partial charge in [-0.15, -0.1) is 0 Å². The van der Waals surface area contributed by atoms with Gasteiger partial charge in [0, 0.05) is 0 Å². The maximum absolute atomic E-state index is 8.84. The van der Waals surface area contributed by atoms with Crippen LogP contribution >= 0.6 is 0 Å². The van der Waals surface area contributed by atoms with E-state index in [9.17, 15) is 0 Å². The van der Waals surface area contributed by atoms with E-state index in [1.54, 1.807) is 0 Å².